The number of hydrogen-bond donors (Lipinski definition) is 1. The molecular formula is C15H22N4O2. The number of amides is 1. The Labute approximate surface area is 124 Å². The fourth-order valence-corrected chi connectivity index (χ4v) is 2.86. The number of nitrogens with one attached hydrogen (secondary N) is 1. The lowest BCUT2D eigenvalue weighted by atomic mass is 9.84. The molecule has 0 bridgehead atoms. The van der Waals surface area contributed by atoms with Gasteiger partial charge in [0, 0.05) is 31.5 Å². The Hall–Kier alpha value is -1.69. The molecule has 6 heteroatoms. The van der Waals surface area contributed by atoms with Crippen molar-refractivity contribution in [3.63, 3.8) is 0 Å². The highest BCUT2D eigenvalue weighted by Crippen LogP contribution is 2.36. The molecule has 2 fully saturated rings. The molecular weight excluding hydrogens is 268 g/mol. The summed E-state index contributed by atoms with van der Waals surface area (Å²) in [6, 6.07) is 0.271. The predicted molar refractivity (Wildman–Crippen MR) is 79.2 cm³/mol. The summed E-state index contributed by atoms with van der Waals surface area (Å²) in [5.41, 5.74) is 0.619. The molecule has 21 heavy (non-hydrogen) atoms. The minimum absolute atomic E-state index is 0.0141. The van der Waals surface area contributed by atoms with Crippen LogP contribution in [0.25, 0.3) is 0 Å². The Morgan fingerprint density at radius 3 is 2.38 bits per heavy atom. The second-order valence-electron chi connectivity index (χ2n) is 6.17. The molecule has 0 aromatic carbocycles. The van der Waals surface area contributed by atoms with E-state index in [9.17, 15) is 4.79 Å². The first-order valence-electron chi connectivity index (χ1n) is 7.60. The summed E-state index contributed by atoms with van der Waals surface area (Å²) < 4.78 is 5.67. The maximum absolute atomic E-state index is 12.4. The number of rotatable bonds is 3. The van der Waals surface area contributed by atoms with Gasteiger partial charge in [0.15, 0.2) is 0 Å². The smallest absolute Gasteiger partial charge is 0.256 e. The molecule has 0 unspecified atom stereocenters. The number of carbonyl (C=O) groups excluding carboxylic acids is 1. The van der Waals surface area contributed by atoms with Gasteiger partial charge in [-0.15, -0.1) is 0 Å². The number of nitrogens with zero attached hydrogens (tertiary/aromatic N) is 3. The molecule has 1 aromatic rings. The lowest BCUT2D eigenvalue weighted by molar-refractivity contribution is -0.169. The molecule has 6 nitrogen and oxygen atoms in total. The average Bonchev–Trinajstić information content (AvgIpc) is 2.45. The van der Waals surface area contributed by atoms with Crippen molar-refractivity contribution in [2.45, 2.75) is 44.8 Å². The van der Waals surface area contributed by atoms with Crippen LogP contribution in [0.3, 0.4) is 0 Å². The third-order valence-corrected chi connectivity index (χ3v) is 4.24. The van der Waals surface area contributed by atoms with Gasteiger partial charge in [-0.3, -0.25) is 4.79 Å². The van der Waals surface area contributed by atoms with E-state index in [4.69, 9.17) is 4.74 Å². The molecule has 1 spiro atoms. The van der Waals surface area contributed by atoms with Crippen molar-refractivity contribution in [1.82, 2.24) is 14.9 Å². The summed E-state index contributed by atoms with van der Waals surface area (Å²) in [5, 5.41) is 3.11. The van der Waals surface area contributed by atoms with Crippen LogP contribution in [0.4, 0.5) is 5.95 Å². The van der Waals surface area contributed by atoms with Crippen LogP contribution in [0, 0.1) is 0 Å². The van der Waals surface area contributed by atoms with Crippen molar-refractivity contribution >= 4 is 11.9 Å². The molecule has 2 saturated heterocycles. The molecule has 0 aliphatic carbocycles. The normalized spacial score (nSPS) is 20.4. The average molecular weight is 290 g/mol. The lowest BCUT2D eigenvalue weighted by Crippen LogP contribution is -2.53. The Kier molecular flexibility index (Phi) is 3.80. The highest BCUT2D eigenvalue weighted by molar-refractivity contribution is 5.93. The quantitative estimate of drug-likeness (QED) is 0.917. The number of anilines is 1. The van der Waals surface area contributed by atoms with Crippen LogP contribution in [-0.4, -0.2) is 52.1 Å². The Morgan fingerprint density at radius 2 is 1.90 bits per heavy atom. The van der Waals surface area contributed by atoms with Gasteiger partial charge in [0.25, 0.3) is 5.91 Å². The molecule has 1 aromatic heterocycles. The molecule has 3 heterocycles. The van der Waals surface area contributed by atoms with Crippen LogP contribution < -0.4 is 5.32 Å². The first kappa shape index (κ1) is 14.3. The van der Waals surface area contributed by atoms with Gasteiger partial charge >= 0.3 is 0 Å². The summed E-state index contributed by atoms with van der Waals surface area (Å²) >= 11 is 0. The topological polar surface area (TPSA) is 67.4 Å². The van der Waals surface area contributed by atoms with Gasteiger partial charge < -0.3 is 15.0 Å². The van der Waals surface area contributed by atoms with Crippen molar-refractivity contribution in [1.29, 1.82) is 0 Å². The number of hydrogen-bond acceptors (Lipinski definition) is 5. The number of likely N-dealkylation sites (tertiary alicyclic amines) is 1. The molecule has 1 N–H and O–H groups in total. The molecule has 0 atom stereocenters. The van der Waals surface area contributed by atoms with Crippen molar-refractivity contribution in [2.75, 3.05) is 25.0 Å². The summed E-state index contributed by atoms with van der Waals surface area (Å²) in [6.07, 6.45) is 6.21. The van der Waals surface area contributed by atoms with E-state index in [0.717, 1.165) is 39.0 Å². The number of piperidine rings is 1. The molecule has 0 radical (unpaired) electrons. The van der Waals surface area contributed by atoms with Crippen molar-refractivity contribution < 1.29 is 9.53 Å². The van der Waals surface area contributed by atoms with Gasteiger partial charge in [-0.1, -0.05) is 0 Å². The first-order valence-corrected chi connectivity index (χ1v) is 7.60. The van der Waals surface area contributed by atoms with E-state index in [1.54, 1.807) is 12.4 Å². The highest BCUT2D eigenvalue weighted by atomic mass is 16.5. The van der Waals surface area contributed by atoms with E-state index in [-0.39, 0.29) is 17.6 Å². The van der Waals surface area contributed by atoms with Gasteiger partial charge in [-0.25, -0.2) is 9.97 Å². The molecule has 1 amide bonds. The van der Waals surface area contributed by atoms with E-state index < -0.39 is 0 Å². The number of aromatic nitrogens is 2. The largest absolute Gasteiger partial charge is 0.375 e. The van der Waals surface area contributed by atoms with Crippen LogP contribution in [-0.2, 0) is 4.74 Å². The van der Waals surface area contributed by atoms with Crippen LogP contribution >= 0.6 is 0 Å². The molecule has 3 rings (SSSR count). The van der Waals surface area contributed by atoms with Gasteiger partial charge in [0.2, 0.25) is 5.95 Å². The second-order valence-corrected chi connectivity index (χ2v) is 6.17. The van der Waals surface area contributed by atoms with Crippen molar-refractivity contribution in [3.05, 3.63) is 18.0 Å². The zero-order valence-corrected chi connectivity index (χ0v) is 12.6. The standard InChI is InChI=1S/C15H22N4O2/c1-11(2)18-14-16-9-12(10-17-14)13(20)19-6-3-15(4-7-19)5-8-21-15/h9-11H,3-8H2,1-2H3,(H,16,17,18). The van der Waals surface area contributed by atoms with E-state index in [1.165, 1.54) is 0 Å². The Balaban J connectivity index is 1.60. The monoisotopic (exact) mass is 290 g/mol. The maximum Gasteiger partial charge on any atom is 0.256 e. The van der Waals surface area contributed by atoms with Crippen LogP contribution in [0.15, 0.2) is 12.4 Å². The van der Waals surface area contributed by atoms with Crippen LogP contribution in [0.2, 0.25) is 0 Å². The van der Waals surface area contributed by atoms with E-state index in [2.05, 4.69) is 15.3 Å². The molecule has 114 valence electrons. The fourth-order valence-electron chi connectivity index (χ4n) is 2.86. The van der Waals surface area contributed by atoms with E-state index in [1.807, 2.05) is 18.7 Å². The summed E-state index contributed by atoms with van der Waals surface area (Å²) in [5.74, 6) is 0.572. The summed E-state index contributed by atoms with van der Waals surface area (Å²) in [4.78, 5) is 22.7. The Bertz CT molecular complexity index is 501. The van der Waals surface area contributed by atoms with Crippen LogP contribution in [0.5, 0.6) is 0 Å². The zero-order chi connectivity index (χ0) is 14.9. The SMILES string of the molecule is CC(C)Nc1ncc(C(=O)N2CCC3(CCO3)CC2)cn1. The summed E-state index contributed by atoms with van der Waals surface area (Å²) in [6.45, 7) is 6.42. The fraction of sp³-hybridized carbons (Fsp3) is 0.667. The molecule has 0 saturated carbocycles. The van der Waals surface area contributed by atoms with Gasteiger partial charge in [0.05, 0.1) is 17.8 Å². The predicted octanol–water partition coefficient (Wildman–Crippen LogP) is 1.69. The van der Waals surface area contributed by atoms with E-state index >= 15 is 0 Å². The minimum Gasteiger partial charge on any atom is -0.375 e. The maximum atomic E-state index is 12.4. The molecule has 2 aliphatic rings. The highest BCUT2D eigenvalue weighted by Gasteiger charge is 2.42. The number of carbonyl (C=O) groups is 1. The van der Waals surface area contributed by atoms with Gasteiger partial charge in [-0.2, -0.15) is 0 Å². The summed E-state index contributed by atoms with van der Waals surface area (Å²) in [7, 11) is 0. The molecule has 2 aliphatic heterocycles. The third kappa shape index (κ3) is 3.00. The Morgan fingerprint density at radius 1 is 1.29 bits per heavy atom. The zero-order valence-electron chi connectivity index (χ0n) is 12.6. The van der Waals surface area contributed by atoms with Crippen molar-refractivity contribution in [2.24, 2.45) is 0 Å². The lowest BCUT2D eigenvalue weighted by Gasteiger charge is -2.47. The first-order chi connectivity index (χ1) is 10.1. The number of ether oxygens (including phenoxy) is 1. The second kappa shape index (κ2) is 5.60. The van der Waals surface area contributed by atoms with Crippen molar-refractivity contribution in [3.8, 4) is 0 Å². The van der Waals surface area contributed by atoms with Gasteiger partial charge in [0.1, 0.15) is 0 Å². The van der Waals surface area contributed by atoms with E-state index in [0.29, 0.717) is 11.5 Å². The van der Waals surface area contributed by atoms with Gasteiger partial charge in [-0.05, 0) is 33.1 Å². The third-order valence-electron chi connectivity index (χ3n) is 4.24. The minimum atomic E-state index is 0.0141. The van der Waals surface area contributed by atoms with Crippen LogP contribution in [0.1, 0.15) is 43.5 Å².